The number of amides is 1. The van der Waals surface area contributed by atoms with Crippen LogP contribution in [0.5, 0.6) is 11.5 Å². The zero-order valence-electron chi connectivity index (χ0n) is 19.4. The van der Waals surface area contributed by atoms with Gasteiger partial charge in [-0.3, -0.25) is 4.79 Å². The summed E-state index contributed by atoms with van der Waals surface area (Å²) in [7, 11) is 2.80. The lowest BCUT2D eigenvalue weighted by molar-refractivity contribution is -0.157. The second-order valence-corrected chi connectivity index (χ2v) is 7.31. The number of carboxylic acid groups (broad SMARTS) is 1. The Labute approximate surface area is 206 Å². The fraction of sp³-hybridized carbons (Fsp3) is 0.154. The lowest BCUT2D eigenvalue weighted by atomic mass is 10.1. The Balaban J connectivity index is 1.91. The molecule has 2 atom stereocenters. The molecular formula is C26H23NO9. The molecule has 0 aliphatic rings. The standard InChI is InChI=1S/C26H23NO9/c1-33-19-12-6-8-16(14-19)25(31)35-21(23(28)27-18-10-4-3-5-11-18)22(24(29)30)36-26(32)17-9-7-13-20(15-17)34-2/h3-15,21-22H,1-2H3,(H,27,28)(H,29,30)/t21-,22-/m1/s1. The third-order valence-corrected chi connectivity index (χ3v) is 4.90. The summed E-state index contributed by atoms with van der Waals surface area (Å²) >= 11 is 0. The maximum absolute atomic E-state index is 13.1. The summed E-state index contributed by atoms with van der Waals surface area (Å²) in [5.74, 6) is -4.11. The highest BCUT2D eigenvalue weighted by Crippen LogP contribution is 2.19. The maximum atomic E-state index is 13.1. The molecule has 0 bridgehead atoms. The lowest BCUT2D eigenvalue weighted by Gasteiger charge is -2.23. The summed E-state index contributed by atoms with van der Waals surface area (Å²) < 4.78 is 20.6. The summed E-state index contributed by atoms with van der Waals surface area (Å²) in [5.41, 5.74) is 0.283. The first-order chi connectivity index (χ1) is 17.3. The number of rotatable bonds is 10. The van der Waals surface area contributed by atoms with Gasteiger partial charge in [0.15, 0.2) is 0 Å². The molecule has 0 saturated heterocycles. The topological polar surface area (TPSA) is 137 Å². The zero-order chi connectivity index (χ0) is 26.1. The van der Waals surface area contributed by atoms with E-state index < -0.39 is 36.0 Å². The number of nitrogens with one attached hydrogen (secondary N) is 1. The van der Waals surface area contributed by atoms with E-state index >= 15 is 0 Å². The number of carboxylic acids is 1. The zero-order valence-corrected chi connectivity index (χ0v) is 19.4. The molecule has 10 nitrogen and oxygen atoms in total. The second kappa shape index (κ2) is 12.0. The predicted molar refractivity (Wildman–Crippen MR) is 127 cm³/mol. The molecule has 0 unspecified atom stereocenters. The molecule has 186 valence electrons. The van der Waals surface area contributed by atoms with Crippen LogP contribution in [0.4, 0.5) is 5.69 Å². The van der Waals surface area contributed by atoms with E-state index in [9.17, 15) is 24.3 Å². The minimum Gasteiger partial charge on any atom is -0.497 e. The van der Waals surface area contributed by atoms with Crippen molar-refractivity contribution in [2.75, 3.05) is 19.5 Å². The van der Waals surface area contributed by atoms with Gasteiger partial charge >= 0.3 is 17.9 Å². The van der Waals surface area contributed by atoms with Crippen LogP contribution in [0.3, 0.4) is 0 Å². The van der Waals surface area contributed by atoms with Crippen LogP contribution in [-0.2, 0) is 19.1 Å². The van der Waals surface area contributed by atoms with Crippen LogP contribution in [0.2, 0.25) is 0 Å². The summed E-state index contributed by atoms with van der Waals surface area (Å²) in [6.07, 6.45) is -4.20. The summed E-state index contributed by atoms with van der Waals surface area (Å²) in [5, 5.41) is 12.3. The van der Waals surface area contributed by atoms with Crippen molar-refractivity contribution in [1.29, 1.82) is 0 Å². The molecule has 10 heteroatoms. The highest BCUT2D eigenvalue weighted by molar-refractivity contribution is 6.01. The first-order valence-corrected chi connectivity index (χ1v) is 10.6. The van der Waals surface area contributed by atoms with Crippen molar-refractivity contribution in [3.8, 4) is 11.5 Å². The molecule has 0 fully saturated rings. The Morgan fingerprint density at radius 2 is 1.19 bits per heavy atom. The molecule has 3 rings (SSSR count). The molecule has 0 aromatic heterocycles. The van der Waals surface area contributed by atoms with Crippen molar-refractivity contribution in [2.45, 2.75) is 12.2 Å². The normalized spacial score (nSPS) is 11.9. The quantitative estimate of drug-likeness (QED) is 0.408. The molecule has 36 heavy (non-hydrogen) atoms. The number of carbonyl (C=O) groups excluding carboxylic acids is 3. The molecular weight excluding hydrogens is 470 g/mol. The Hall–Kier alpha value is -4.86. The van der Waals surface area contributed by atoms with Crippen LogP contribution in [-0.4, -0.2) is 55.3 Å². The number of methoxy groups -OCH3 is 2. The summed E-state index contributed by atoms with van der Waals surface area (Å²) in [6.45, 7) is 0. The number of carbonyl (C=O) groups is 4. The lowest BCUT2D eigenvalue weighted by Crippen LogP contribution is -2.48. The van der Waals surface area contributed by atoms with Crippen molar-refractivity contribution >= 4 is 29.5 Å². The van der Waals surface area contributed by atoms with Crippen LogP contribution >= 0.6 is 0 Å². The molecule has 0 aliphatic carbocycles. The van der Waals surface area contributed by atoms with Gasteiger partial charge in [0.25, 0.3) is 5.91 Å². The van der Waals surface area contributed by atoms with Crippen molar-refractivity contribution in [1.82, 2.24) is 0 Å². The highest BCUT2D eigenvalue weighted by atomic mass is 16.6. The highest BCUT2D eigenvalue weighted by Gasteiger charge is 2.41. The fourth-order valence-corrected chi connectivity index (χ4v) is 3.10. The second-order valence-electron chi connectivity index (χ2n) is 7.31. The molecule has 3 aromatic rings. The molecule has 0 spiro atoms. The van der Waals surface area contributed by atoms with Crippen molar-refractivity contribution in [3.05, 3.63) is 90.0 Å². The Bertz CT molecular complexity index is 1240. The molecule has 0 saturated carbocycles. The number of hydrogen-bond acceptors (Lipinski definition) is 8. The smallest absolute Gasteiger partial charge is 0.349 e. The van der Waals surface area contributed by atoms with Crippen LogP contribution < -0.4 is 14.8 Å². The van der Waals surface area contributed by atoms with Gasteiger partial charge < -0.3 is 29.4 Å². The van der Waals surface area contributed by atoms with Crippen LogP contribution in [0.25, 0.3) is 0 Å². The van der Waals surface area contributed by atoms with Gasteiger partial charge in [-0.1, -0.05) is 30.3 Å². The van der Waals surface area contributed by atoms with Crippen molar-refractivity contribution < 1.29 is 43.2 Å². The van der Waals surface area contributed by atoms with E-state index in [0.29, 0.717) is 17.2 Å². The van der Waals surface area contributed by atoms with E-state index in [-0.39, 0.29) is 11.1 Å². The van der Waals surface area contributed by atoms with E-state index in [0.717, 1.165) is 0 Å². The average molecular weight is 493 g/mol. The summed E-state index contributed by atoms with van der Waals surface area (Å²) in [4.78, 5) is 50.8. The molecule has 3 aromatic carbocycles. The van der Waals surface area contributed by atoms with Gasteiger partial charge in [0, 0.05) is 5.69 Å². The minimum atomic E-state index is -2.16. The molecule has 0 aliphatic heterocycles. The number of ether oxygens (including phenoxy) is 4. The van der Waals surface area contributed by atoms with Gasteiger partial charge in [-0.25, -0.2) is 14.4 Å². The van der Waals surface area contributed by atoms with Gasteiger partial charge in [-0.05, 0) is 48.5 Å². The van der Waals surface area contributed by atoms with Gasteiger partial charge in [0.05, 0.1) is 25.3 Å². The SMILES string of the molecule is COc1cccc(C(=O)O[C@@H](C(=O)O)[C@@H](OC(=O)c2cccc(OC)c2)C(=O)Nc2ccccc2)c1. The number of hydrogen-bond donors (Lipinski definition) is 2. The van der Waals surface area contributed by atoms with Crippen LogP contribution in [0, 0.1) is 0 Å². The third kappa shape index (κ3) is 6.60. The van der Waals surface area contributed by atoms with Gasteiger partial charge in [-0.2, -0.15) is 0 Å². The molecule has 2 N–H and O–H groups in total. The number of benzene rings is 3. The monoisotopic (exact) mass is 493 g/mol. The molecule has 1 amide bonds. The third-order valence-electron chi connectivity index (χ3n) is 4.90. The van der Waals surface area contributed by atoms with E-state index in [1.165, 1.54) is 50.6 Å². The number of para-hydroxylation sites is 1. The number of esters is 2. The molecule has 0 radical (unpaired) electrons. The minimum absolute atomic E-state index is 0.00452. The van der Waals surface area contributed by atoms with Gasteiger partial charge in [0.1, 0.15) is 11.5 Å². The van der Waals surface area contributed by atoms with Crippen molar-refractivity contribution in [3.63, 3.8) is 0 Å². The van der Waals surface area contributed by atoms with E-state index in [1.807, 2.05) is 0 Å². The fourth-order valence-electron chi connectivity index (χ4n) is 3.10. The number of anilines is 1. The predicted octanol–water partition coefficient (Wildman–Crippen LogP) is 3.18. The van der Waals surface area contributed by atoms with E-state index in [2.05, 4.69) is 5.32 Å². The largest absolute Gasteiger partial charge is 0.497 e. The molecule has 0 heterocycles. The van der Waals surface area contributed by atoms with Crippen molar-refractivity contribution in [2.24, 2.45) is 0 Å². The number of aliphatic carboxylic acids is 1. The van der Waals surface area contributed by atoms with Gasteiger partial charge in [-0.15, -0.1) is 0 Å². The Morgan fingerprint density at radius 3 is 1.67 bits per heavy atom. The Kier molecular flexibility index (Phi) is 8.60. The first kappa shape index (κ1) is 25.8. The first-order valence-electron chi connectivity index (χ1n) is 10.6. The maximum Gasteiger partial charge on any atom is 0.349 e. The van der Waals surface area contributed by atoms with Crippen LogP contribution in [0.15, 0.2) is 78.9 Å². The Morgan fingerprint density at radius 1 is 0.694 bits per heavy atom. The average Bonchev–Trinajstić information content (AvgIpc) is 2.90. The van der Waals surface area contributed by atoms with E-state index in [4.69, 9.17) is 18.9 Å². The van der Waals surface area contributed by atoms with Crippen LogP contribution in [0.1, 0.15) is 20.7 Å². The van der Waals surface area contributed by atoms with Gasteiger partial charge in [0.2, 0.25) is 12.2 Å². The summed E-state index contributed by atoms with van der Waals surface area (Å²) in [6, 6.07) is 19.8. The van der Waals surface area contributed by atoms with E-state index in [1.54, 1.807) is 42.5 Å².